The van der Waals surface area contributed by atoms with Gasteiger partial charge >= 0.3 is 5.76 Å². The van der Waals surface area contributed by atoms with Crippen molar-refractivity contribution < 1.29 is 13.9 Å². The predicted molar refractivity (Wildman–Crippen MR) is 84.9 cm³/mol. The fraction of sp³-hybridized carbons (Fsp3) is 0.133. The molecule has 3 aromatic rings. The Bertz CT molecular complexity index is 932. The molecule has 0 aliphatic carbocycles. The molecule has 0 aliphatic rings. The Morgan fingerprint density at radius 3 is 3.00 bits per heavy atom. The fourth-order valence-electron chi connectivity index (χ4n) is 2.13. The summed E-state index contributed by atoms with van der Waals surface area (Å²) in [6.07, 6.45) is 1.52. The number of hydrogen-bond acceptors (Lipinski definition) is 5. The average molecular weight is 334 g/mol. The van der Waals surface area contributed by atoms with Gasteiger partial charge in [0.2, 0.25) is 5.91 Å². The Morgan fingerprint density at radius 2 is 2.26 bits per heavy atom. The lowest BCUT2D eigenvalue weighted by Crippen LogP contribution is -2.25. The van der Waals surface area contributed by atoms with Gasteiger partial charge in [-0.3, -0.25) is 4.79 Å². The van der Waals surface area contributed by atoms with Crippen molar-refractivity contribution in [3.8, 4) is 5.75 Å². The molecule has 1 N–H and O–H groups in total. The number of rotatable bonds is 4. The zero-order chi connectivity index (χ0) is 16.4. The van der Waals surface area contributed by atoms with Crippen molar-refractivity contribution >= 4 is 34.4 Å². The van der Waals surface area contributed by atoms with E-state index in [2.05, 4.69) is 10.3 Å². The smallest absolute Gasteiger partial charge is 0.421 e. The molecule has 2 heterocycles. The lowest BCUT2D eigenvalue weighted by molar-refractivity contribution is -0.116. The van der Waals surface area contributed by atoms with Crippen LogP contribution in [-0.4, -0.2) is 22.6 Å². The molecule has 0 aliphatic heterocycles. The van der Waals surface area contributed by atoms with Gasteiger partial charge in [-0.2, -0.15) is 0 Å². The number of halogens is 1. The molecule has 0 saturated carbocycles. The molecule has 7 nitrogen and oxygen atoms in total. The van der Waals surface area contributed by atoms with E-state index in [9.17, 15) is 9.59 Å². The number of aromatic nitrogens is 2. The van der Waals surface area contributed by atoms with Gasteiger partial charge in [0.05, 0.1) is 12.1 Å². The minimum atomic E-state index is -0.637. The Balaban J connectivity index is 1.80. The van der Waals surface area contributed by atoms with E-state index in [1.807, 2.05) is 0 Å². The Morgan fingerprint density at radius 1 is 1.43 bits per heavy atom. The van der Waals surface area contributed by atoms with Gasteiger partial charge in [0.15, 0.2) is 11.2 Å². The number of carbonyl (C=O) groups is 1. The van der Waals surface area contributed by atoms with Crippen LogP contribution >= 0.6 is 11.6 Å². The molecular weight excluding hydrogens is 322 g/mol. The largest absolute Gasteiger partial charge is 0.495 e. The summed E-state index contributed by atoms with van der Waals surface area (Å²) in [6.45, 7) is -0.216. The number of carbonyl (C=O) groups excluding carboxylic acids is 1. The van der Waals surface area contributed by atoms with Gasteiger partial charge in [0.1, 0.15) is 12.3 Å². The molecule has 1 aromatic carbocycles. The van der Waals surface area contributed by atoms with E-state index in [0.717, 1.165) is 4.57 Å². The molecular formula is C15H12ClN3O4. The highest BCUT2D eigenvalue weighted by atomic mass is 35.5. The summed E-state index contributed by atoms with van der Waals surface area (Å²) < 4.78 is 11.2. The predicted octanol–water partition coefficient (Wildman–Crippen LogP) is 2.29. The second-order valence-electron chi connectivity index (χ2n) is 4.68. The number of nitrogens with one attached hydrogen (secondary N) is 1. The van der Waals surface area contributed by atoms with Crippen molar-refractivity contribution in [2.75, 3.05) is 12.4 Å². The molecule has 118 valence electrons. The topological polar surface area (TPSA) is 86.4 Å². The van der Waals surface area contributed by atoms with Crippen molar-refractivity contribution in [2.24, 2.45) is 0 Å². The van der Waals surface area contributed by atoms with Crippen LogP contribution in [0, 0.1) is 0 Å². The molecule has 0 spiro atoms. The first-order valence-corrected chi connectivity index (χ1v) is 7.04. The van der Waals surface area contributed by atoms with Gasteiger partial charge in [-0.1, -0.05) is 11.6 Å². The molecule has 0 saturated heterocycles. The van der Waals surface area contributed by atoms with Gasteiger partial charge in [0, 0.05) is 11.9 Å². The number of benzene rings is 1. The van der Waals surface area contributed by atoms with E-state index in [0.29, 0.717) is 27.7 Å². The van der Waals surface area contributed by atoms with Crippen LogP contribution in [0.15, 0.2) is 45.7 Å². The van der Waals surface area contributed by atoms with Crippen molar-refractivity contribution in [3.05, 3.63) is 52.1 Å². The van der Waals surface area contributed by atoms with E-state index in [4.69, 9.17) is 20.8 Å². The lowest BCUT2D eigenvalue weighted by atomic mass is 10.3. The molecule has 3 rings (SSSR count). The van der Waals surface area contributed by atoms with Crippen LogP contribution in [0.1, 0.15) is 0 Å². The molecule has 0 fully saturated rings. The van der Waals surface area contributed by atoms with Crippen LogP contribution in [0.2, 0.25) is 5.02 Å². The van der Waals surface area contributed by atoms with Crippen LogP contribution in [0.4, 0.5) is 5.69 Å². The van der Waals surface area contributed by atoms with Crippen LogP contribution < -0.4 is 15.8 Å². The van der Waals surface area contributed by atoms with Crippen LogP contribution in [0.3, 0.4) is 0 Å². The summed E-state index contributed by atoms with van der Waals surface area (Å²) >= 11 is 6.00. The number of pyridine rings is 1. The van der Waals surface area contributed by atoms with Gasteiger partial charge in [-0.15, -0.1) is 0 Å². The second kappa shape index (κ2) is 6.13. The maximum absolute atomic E-state index is 12.1. The highest BCUT2D eigenvalue weighted by Crippen LogP contribution is 2.27. The normalized spacial score (nSPS) is 10.7. The third kappa shape index (κ3) is 3.04. The Labute approximate surface area is 135 Å². The maximum Gasteiger partial charge on any atom is 0.421 e. The van der Waals surface area contributed by atoms with E-state index in [1.165, 1.54) is 13.3 Å². The van der Waals surface area contributed by atoms with E-state index in [1.54, 1.807) is 30.3 Å². The average Bonchev–Trinajstić information content (AvgIpc) is 2.83. The summed E-state index contributed by atoms with van der Waals surface area (Å²) in [6, 6.07) is 8.11. The molecule has 1 amide bonds. The van der Waals surface area contributed by atoms with Crippen molar-refractivity contribution in [2.45, 2.75) is 6.54 Å². The summed E-state index contributed by atoms with van der Waals surface area (Å²) in [5, 5.41) is 3.03. The van der Waals surface area contributed by atoms with Crippen LogP contribution in [0.25, 0.3) is 11.2 Å². The first-order valence-electron chi connectivity index (χ1n) is 6.66. The molecule has 8 heteroatoms. The number of fused-ring (bicyclic) bond motifs is 1. The minimum Gasteiger partial charge on any atom is -0.495 e. The number of hydrogen-bond donors (Lipinski definition) is 1. The van der Waals surface area contributed by atoms with Crippen LogP contribution in [-0.2, 0) is 11.3 Å². The molecule has 0 bridgehead atoms. The molecule has 23 heavy (non-hydrogen) atoms. The molecule has 0 atom stereocenters. The standard InChI is InChI=1S/C15H12ClN3O4/c1-22-11-5-4-9(7-10(11)16)18-13(20)8-19-14-12(23-15(19)21)3-2-6-17-14/h2-7H,8H2,1H3,(H,18,20). The highest BCUT2D eigenvalue weighted by molar-refractivity contribution is 6.32. The quantitative estimate of drug-likeness (QED) is 0.791. The SMILES string of the molecule is COc1ccc(NC(=O)Cn2c(=O)oc3cccnc32)cc1Cl. The Hall–Kier alpha value is -2.80. The summed E-state index contributed by atoms with van der Waals surface area (Å²) in [4.78, 5) is 28.0. The first kappa shape index (κ1) is 15.1. The van der Waals surface area contributed by atoms with Gasteiger partial charge in [-0.05, 0) is 30.3 Å². The first-order chi connectivity index (χ1) is 11.1. The maximum atomic E-state index is 12.1. The monoisotopic (exact) mass is 333 g/mol. The van der Waals surface area contributed by atoms with E-state index in [-0.39, 0.29) is 6.54 Å². The number of anilines is 1. The molecule has 2 aromatic heterocycles. The van der Waals surface area contributed by atoms with Gasteiger partial charge < -0.3 is 14.5 Å². The lowest BCUT2D eigenvalue weighted by Gasteiger charge is -2.08. The highest BCUT2D eigenvalue weighted by Gasteiger charge is 2.14. The number of amides is 1. The van der Waals surface area contributed by atoms with E-state index >= 15 is 0 Å². The third-order valence-corrected chi connectivity index (χ3v) is 3.46. The number of methoxy groups -OCH3 is 1. The van der Waals surface area contributed by atoms with Crippen molar-refractivity contribution in [1.82, 2.24) is 9.55 Å². The zero-order valence-electron chi connectivity index (χ0n) is 12.1. The summed E-state index contributed by atoms with van der Waals surface area (Å²) in [7, 11) is 1.50. The molecule has 0 radical (unpaired) electrons. The summed E-state index contributed by atoms with van der Waals surface area (Å²) in [5.41, 5.74) is 1.15. The summed E-state index contributed by atoms with van der Waals surface area (Å²) in [5.74, 6) is -0.533. The second-order valence-corrected chi connectivity index (χ2v) is 5.08. The third-order valence-electron chi connectivity index (χ3n) is 3.16. The molecule has 0 unspecified atom stereocenters. The van der Waals surface area contributed by atoms with Crippen molar-refractivity contribution in [1.29, 1.82) is 0 Å². The Kier molecular flexibility index (Phi) is 4.03. The number of nitrogens with zero attached hydrogens (tertiary/aromatic N) is 2. The van der Waals surface area contributed by atoms with Gasteiger partial charge in [-0.25, -0.2) is 14.3 Å². The zero-order valence-corrected chi connectivity index (χ0v) is 12.8. The number of ether oxygens (including phenoxy) is 1. The fourth-order valence-corrected chi connectivity index (χ4v) is 2.39. The van der Waals surface area contributed by atoms with Crippen molar-refractivity contribution in [3.63, 3.8) is 0 Å². The van der Waals surface area contributed by atoms with Crippen LogP contribution in [0.5, 0.6) is 5.75 Å². The van der Waals surface area contributed by atoms with Gasteiger partial charge in [0.25, 0.3) is 0 Å². The number of oxazole rings is 1. The van der Waals surface area contributed by atoms with E-state index < -0.39 is 11.7 Å². The minimum absolute atomic E-state index is 0.216.